The summed E-state index contributed by atoms with van der Waals surface area (Å²) in [7, 11) is -0.611. The van der Waals surface area contributed by atoms with Crippen molar-refractivity contribution in [2.45, 2.75) is 64.7 Å². The first-order valence-electron chi connectivity index (χ1n) is 9.42. The number of hydrogen-bond donors (Lipinski definition) is 0. The van der Waals surface area contributed by atoms with Crippen molar-refractivity contribution in [3.05, 3.63) is 0 Å². The van der Waals surface area contributed by atoms with Crippen molar-refractivity contribution in [1.29, 1.82) is 0 Å². The molecule has 124 valence electrons. The molecule has 2 nitrogen and oxygen atoms in total. The lowest BCUT2D eigenvalue weighted by atomic mass is 9.60. The Labute approximate surface area is 136 Å². The van der Waals surface area contributed by atoms with E-state index < -0.39 is 8.07 Å². The zero-order valence-corrected chi connectivity index (χ0v) is 15.7. The second-order valence-corrected chi connectivity index (χ2v) is 16.5. The highest BCUT2D eigenvalue weighted by Gasteiger charge is 2.68. The predicted molar refractivity (Wildman–Crippen MR) is 91.2 cm³/mol. The third kappa shape index (κ3) is 2.30. The van der Waals surface area contributed by atoms with Gasteiger partial charge in [-0.1, -0.05) is 26.2 Å². The van der Waals surface area contributed by atoms with Crippen molar-refractivity contribution in [3.63, 3.8) is 0 Å². The van der Waals surface area contributed by atoms with Gasteiger partial charge in [0.05, 0.1) is 13.0 Å². The van der Waals surface area contributed by atoms with Crippen molar-refractivity contribution < 1.29 is 9.53 Å². The second kappa shape index (κ2) is 4.84. The van der Waals surface area contributed by atoms with E-state index in [-0.39, 0.29) is 5.97 Å². The Morgan fingerprint density at radius 2 is 1.64 bits per heavy atom. The van der Waals surface area contributed by atoms with Gasteiger partial charge in [0, 0.05) is 13.5 Å². The first-order chi connectivity index (χ1) is 10.3. The number of hydrogen-bond acceptors (Lipinski definition) is 2. The SMILES string of the molecule is C[Si](C)(C)C.O=C1CC2(CO1)CC1CC2C2C3CCC(C3)C12. The Hall–Kier alpha value is -0.313. The van der Waals surface area contributed by atoms with Crippen molar-refractivity contribution in [2.75, 3.05) is 6.61 Å². The maximum absolute atomic E-state index is 11.5. The summed E-state index contributed by atoms with van der Waals surface area (Å²) in [6.45, 7) is 10.1. The van der Waals surface area contributed by atoms with Crippen LogP contribution in [0.25, 0.3) is 0 Å². The normalized spacial score (nSPS) is 51.0. The molecule has 7 unspecified atom stereocenters. The van der Waals surface area contributed by atoms with Crippen LogP contribution in [0.2, 0.25) is 26.2 Å². The van der Waals surface area contributed by atoms with Crippen molar-refractivity contribution >= 4 is 14.0 Å². The fourth-order valence-corrected chi connectivity index (χ4v) is 6.85. The largest absolute Gasteiger partial charge is 0.465 e. The minimum Gasteiger partial charge on any atom is -0.465 e. The topological polar surface area (TPSA) is 26.3 Å². The maximum Gasteiger partial charge on any atom is 0.306 e. The fourth-order valence-electron chi connectivity index (χ4n) is 6.85. The number of carbonyl (C=O) groups excluding carboxylic acids is 1. The highest BCUT2D eigenvalue weighted by atomic mass is 28.3. The summed E-state index contributed by atoms with van der Waals surface area (Å²) in [4.78, 5) is 11.5. The smallest absolute Gasteiger partial charge is 0.306 e. The van der Waals surface area contributed by atoms with E-state index in [4.69, 9.17) is 4.74 Å². The van der Waals surface area contributed by atoms with Gasteiger partial charge >= 0.3 is 5.97 Å². The van der Waals surface area contributed by atoms with Gasteiger partial charge in [0.25, 0.3) is 0 Å². The highest BCUT2D eigenvalue weighted by Crippen LogP contribution is 2.73. The summed E-state index contributed by atoms with van der Waals surface area (Å²) >= 11 is 0. The molecule has 0 amide bonds. The van der Waals surface area contributed by atoms with E-state index in [1.54, 1.807) is 0 Å². The summed E-state index contributed by atoms with van der Waals surface area (Å²) in [5.41, 5.74) is 0.299. The average molecular weight is 321 g/mol. The van der Waals surface area contributed by atoms with Crippen LogP contribution in [0.15, 0.2) is 0 Å². The molecule has 5 fully saturated rings. The molecule has 7 atom stereocenters. The molecule has 1 saturated heterocycles. The van der Waals surface area contributed by atoms with Crippen LogP contribution in [0.5, 0.6) is 0 Å². The summed E-state index contributed by atoms with van der Waals surface area (Å²) in [6, 6.07) is 0. The molecule has 0 aromatic rings. The van der Waals surface area contributed by atoms with E-state index in [2.05, 4.69) is 26.2 Å². The first-order valence-corrected chi connectivity index (χ1v) is 13.4. The Kier molecular flexibility index (Phi) is 3.35. The number of cyclic esters (lactones) is 1. The Balaban J connectivity index is 0.000000222. The molecule has 1 heterocycles. The highest BCUT2D eigenvalue weighted by molar-refractivity contribution is 6.74. The molecule has 22 heavy (non-hydrogen) atoms. The van der Waals surface area contributed by atoms with Crippen LogP contribution in [0.3, 0.4) is 0 Å². The van der Waals surface area contributed by atoms with Gasteiger partial charge in [-0.2, -0.15) is 0 Å². The number of rotatable bonds is 0. The molecule has 4 aliphatic carbocycles. The van der Waals surface area contributed by atoms with Gasteiger partial charge in [-0.15, -0.1) is 0 Å². The van der Waals surface area contributed by atoms with E-state index in [9.17, 15) is 4.79 Å². The molecule has 3 heteroatoms. The van der Waals surface area contributed by atoms with Gasteiger partial charge in [-0.3, -0.25) is 4.79 Å². The van der Waals surface area contributed by atoms with Crippen molar-refractivity contribution in [2.24, 2.45) is 40.9 Å². The quantitative estimate of drug-likeness (QED) is 0.371. The van der Waals surface area contributed by atoms with E-state index in [0.29, 0.717) is 5.41 Å². The summed E-state index contributed by atoms with van der Waals surface area (Å²) < 4.78 is 5.33. The van der Waals surface area contributed by atoms with Crippen molar-refractivity contribution in [3.8, 4) is 0 Å². The van der Waals surface area contributed by atoms with Gasteiger partial charge in [0.15, 0.2) is 0 Å². The minimum atomic E-state index is -0.611. The predicted octanol–water partition coefficient (Wildman–Crippen LogP) is 4.58. The molecule has 1 spiro atoms. The summed E-state index contributed by atoms with van der Waals surface area (Å²) in [6.07, 6.45) is 8.01. The molecule has 4 bridgehead atoms. The monoisotopic (exact) mass is 320 g/mol. The van der Waals surface area contributed by atoms with Crippen molar-refractivity contribution in [1.82, 2.24) is 0 Å². The standard InChI is InChI=1S/C15H20O2.C4H12Si/c16-12-6-15(7-17-12)5-10-4-11(15)14-9-2-1-8(3-9)13(10)14;1-5(2,3)4/h8-11,13-14H,1-7H2;1-4H3. The number of ether oxygens (including phenoxy) is 1. The third-order valence-corrected chi connectivity index (χ3v) is 7.08. The zero-order valence-electron chi connectivity index (χ0n) is 14.7. The van der Waals surface area contributed by atoms with Gasteiger partial charge in [-0.25, -0.2) is 0 Å². The zero-order chi connectivity index (χ0) is 15.7. The van der Waals surface area contributed by atoms with Crippen LogP contribution in [0.4, 0.5) is 0 Å². The Morgan fingerprint density at radius 1 is 1.00 bits per heavy atom. The number of esters is 1. The fraction of sp³-hybridized carbons (Fsp3) is 0.947. The number of fused-ring (bicyclic) bond motifs is 10. The molecular weight excluding hydrogens is 288 g/mol. The summed E-state index contributed by atoms with van der Waals surface area (Å²) in [5.74, 6) is 6.01. The molecule has 5 rings (SSSR count). The molecule has 4 saturated carbocycles. The molecule has 0 radical (unpaired) electrons. The molecule has 0 N–H and O–H groups in total. The Bertz CT molecular complexity index is 476. The Morgan fingerprint density at radius 3 is 2.23 bits per heavy atom. The van der Waals surface area contributed by atoms with E-state index in [1.165, 1.54) is 32.1 Å². The van der Waals surface area contributed by atoms with Gasteiger partial charge in [0.1, 0.15) is 0 Å². The van der Waals surface area contributed by atoms with Gasteiger partial charge < -0.3 is 4.74 Å². The second-order valence-electron chi connectivity index (χ2n) is 10.5. The molecule has 1 aliphatic heterocycles. The molecule has 5 aliphatic rings. The van der Waals surface area contributed by atoms with E-state index >= 15 is 0 Å². The molecule has 0 aromatic heterocycles. The average Bonchev–Trinajstić information content (AvgIpc) is 3.13. The van der Waals surface area contributed by atoms with E-state index in [1.807, 2.05) is 0 Å². The lowest BCUT2D eigenvalue weighted by Gasteiger charge is -2.43. The van der Waals surface area contributed by atoms with Crippen LogP contribution in [-0.4, -0.2) is 20.7 Å². The lowest BCUT2D eigenvalue weighted by Crippen LogP contribution is -2.40. The first kappa shape index (κ1) is 15.2. The van der Waals surface area contributed by atoms with Crippen LogP contribution in [0.1, 0.15) is 38.5 Å². The minimum absolute atomic E-state index is 0.0808. The van der Waals surface area contributed by atoms with Crippen LogP contribution < -0.4 is 0 Å². The summed E-state index contributed by atoms with van der Waals surface area (Å²) in [5, 5.41) is 0. The third-order valence-electron chi connectivity index (χ3n) is 7.08. The lowest BCUT2D eigenvalue weighted by molar-refractivity contribution is -0.137. The maximum atomic E-state index is 11.5. The van der Waals surface area contributed by atoms with Crippen LogP contribution in [0, 0.1) is 40.9 Å². The van der Waals surface area contributed by atoms with Gasteiger partial charge in [-0.05, 0) is 67.6 Å². The molecular formula is C19H32O2Si. The van der Waals surface area contributed by atoms with Crippen LogP contribution >= 0.6 is 0 Å². The molecule has 0 aromatic carbocycles. The van der Waals surface area contributed by atoms with Gasteiger partial charge in [0.2, 0.25) is 0 Å². The number of carbonyl (C=O) groups is 1. The van der Waals surface area contributed by atoms with Crippen LogP contribution in [-0.2, 0) is 9.53 Å². The van der Waals surface area contributed by atoms with E-state index in [0.717, 1.165) is 48.5 Å².